The normalized spacial score (nSPS) is 10.5. The third-order valence-corrected chi connectivity index (χ3v) is 1.41. The molecule has 0 aliphatic carbocycles. The molecule has 0 unspecified atom stereocenters. The zero-order valence-electron chi connectivity index (χ0n) is 7.36. The van der Waals surface area contributed by atoms with Gasteiger partial charge >= 0.3 is 0 Å². The maximum Gasteiger partial charge on any atom is 0.239 e. The first kappa shape index (κ1) is 9.31. The molecule has 13 heavy (non-hydrogen) atoms. The van der Waals surface area contributed by atoms with E-state index in [1.807, 2.05) is 19.1 Å². The average Bonchev–Trinajstić information content (AvgIpc) is 2.12. The van der Waals surface area contributed by atoms with Crippen molar-refractivity contribution < 1.29 is 5.11 Å². The summed E-state index contributed by atoms with van der Waals surface area (Å²) in [5.74, 6) is 0.169. The first-order valence-electron chi connectivity index (χ1n) is 3.90. The SMILES string of the molecule is CC=CCNc1ncc(N)c(O)n1. The van der Waals surface area contributed by atoms with Crippen LogP contribution in [0.4, 0.5) is 11.6 Å². The third kappa shape index (κ3) is 2.62. The number of hydrogen-bond donors (Lipinski definition) is 3. The van der Waals surface area contributed by atoms with Gasteiger partial charge in [-0.15, -0.1) is 0 Å². The van der Waals surface area contributed by atoms with E-state index in [4.69, 9.17) is 10.8 Å². The highest BCUT2D eigenvalue weighted by Crippen LogP contribution is 2.15. The molecule has 0 spiro atoms. The van der Waals surface area contributed by atoms with Crippen molar-refractivity contribution >= 4 is 11.6 Å². The Morgan fingerprint density at radius 3 is 3.08 bits per heavy atom. The van der Waals surface area contributed by atoms with Crippen molar-refractivity contribution in [1.29, 1.82) is 0 Å². The summed E-state index contributed by atoms with van der Waals surface area (Å²) in [4.78, 5) is 7.59. The highest BCUT2D eigenvalue weighted by Gasteiger charge is 2.00. The Morgan fingerprint density at radius 2 is 2.46 bits per heavy atom. The third-order valence-electron chi connectivity index (χ3n) is 1.41. The van der Waals surface area contributed by atoms with E-state index >= 15 is 0 Å². The monoisotopic (exact) mass is 180 g/mol. The first-order valence-corrected chi connectivity index (χ1v) is 3.90. The van der Waals surface area contributed by atoms with Gasteiger partial charge in [-0.05, 0) is 6.92 Å². The Kier molecular flexibility index (Phi) is 3.08. The molecule has 0 amide bonds. The van der Waals surface area contributed by atoms with Crippen LogP contribution < -0.4 is 11.1 Å². The van der Waals surface area contributed by atoms with Crippen LogP contribution in [0, 0.1) is 0 Å². The summed E-state index contributed by atoms with van der Waals surface area (Å²) in [6.07, 6.45) is 5.18. The molecule has 0 aliphatic rings. The molecule has 0 radical (unpaired) electrons. The second-order valence-electron chi connectivity index (χ2n) is 2.42. The van der Waals surface area contributed by atoms with Crippen molar-refractivity contribution in [3.05, 3.63) is 18.3 Å². The Balaban J connectivity index is 2.63. The molecule has 0 atom stereocenters. The molecular formula is C8H12N4O. The van der Waals surface area contributed by atoms with Crippen LogP contribution in [0.2, 0.25) is 0 Å². The lowest BCUT2D eigenvalue weighted by molar-refractivity contribution is 0.456. The van der Waals surface area contributed by atoms with Crippen LogP contribution in [0.15, 0.2) is 18.3 Å². The summed E-state index contributed by atoms with van der Waals surface area (Å²) in [5.41, 5.74) is 5.50. The minimum atomic E-state index is -0.196. The van der Waals surface area contributed by atoms with E-state index in [1.165, 1.54) is 6.20 Å². The van der Waals surface area contributed by atoms with Crippen LogP contribution in [-0.4, -0.2) is 21.6 Å². The minimum absolute atomic E-state index is 0.177. The largest absolute Gasteiger partial charge is 0.492 e. The molecular weight excluding hydrogens is 168 g/mol. The van der Waals surface area contributed by atoms with Crippen molar-refractivity contribution in [2.24, 2.45) is 0 Å². The van der Waals surface area contributed by atoms with E-state index in [0.717, 1.165) is 0 Å². The first-order chi connectivity index (χ1) is 6.24. The number of nitrogens with one attached hydrogen (secondary N) is 1. The van der Waals surface area contributed by atoms with E-state index < -0.39 is 0 Å². The molecule has 1 rings (SSSR count). The van der Waals surface area contributed by atoms with E-state index in [1.54, 1.807) is 0 Å². The number of anilines is 2. The predicted molar refractivity (Wildman–Crippen MR) is 51.4 cm³/mol. The maximum atomic E-state index is 9.12. The summed E-state index contributed by atoms with van der Waals surface area (Å²) in [5, 5.41) is 12.0. The van der Waals surface area contributed by atoms with Crippen LogP contribution in [0.5, 0.6) is 5.88 Å². The summed E-state index contributed by atoms with van der Waals surface area (Å²) in [7, 11) is 0. The number of nitrogens with zero attached hydrogens (tertiary/aromatic N) is 2. The molecule has 0 fully saturated rings. The maximum absolute atomic E-state index is 9.12. The molecule has 0 saturated heterocycles. The smallest absolute Gasteiger partial charge is 0.239 e. The molecule has 1 aromatic heterocycles. The summed E-state index contributed by atoms with van der Waals surface area (Å²) < 4.78 is 0. The minimum Gasteiger partial charge on any atom is -0.492 e. The van der Waals surface area contributed by atoms with Crippen LogP contribution in [0.25, 0.3) is 0 Å². The fraction of sp³-hybridized carbons (Fsp3) is 0.250. The lowest BCUT2D eigenvalue weighted by Crippen LogP contribution is -2.03. The topological polar surface area (TPSA) is 84.1 Å². The summed E-state index contributed by atoms with van der Waals surface area (Å²) >= 11 is 0. The molecule has 1 heterocycles. The van der Waals surface area contributed by atoms with Crippen molar-refractivity contribution in [3.63, 3.8) is 0 Å². The van der Waals surface area contributed by atoms with Gasteiger partial charge in [0.05, 0.1) is 6.20 Å². The van der Waals surface area contributed by atoms with Crippen LogP contribution in [0.1, 0.15) is 6.92 Å². The number of aromatic nitrogens is 2. The highest BCUT2D eigenvalue weighted by atomic mass is 16.3. The van der Waals surface area contributed by atoms with E-state index in [2.05, 4.69) is 15.3 Å². The Bertz CT molecular complexity index is 311. The van der Waals surface area contributed by atoms with E-state index in [-0.39, 0.29) is 11.6 Å². The van der Waals surface area contributed by atoms with Gasteiger partial charge in [0.15, 0.2) is 0 Å². The quantitative estimate of drug-likeness (QED) is 0.598. The van der Waals surface area contributed by atoms with Crippen LogP contribution in [-0.2, 0) is 0 Å². The Hall–Kier alpha value is -1.78. The van der Waals surface area contributed by atoms with E-state index in [0.29, 0.717) is 12.5 Å². The number of allylic oxidation sites excluding steroid dienone is 1. The van der Waals surface area contributed by atoms with Gasteiger partial charge in [-0.1, -0.05) is 12.2 Å². The zero-order chi connectivity index (χ0) is 9.68. The van der Waals surface area contributed by atoms with Gasteiger partial charge in [0.2, 0.25) is 11.8 Å². The van der Waals surface area contributed by atoms with Gasteiger partial charge in [0.25, 0.3) is 0 Å². The Labute approximate surface area is 76.3 Å². The van der Waals surface area contributed by atoms with Crippen LogP contribution >= 0.6 is 0 Å². The number of rotatable bonds is 3. The Morgan fingerprint density at radius 1 is 1.69 bits per heavy atom. The molecule has 0 aliphatic heterocycles. The van der Waals surface area contributed by atoms with Gasteiger partial charge in [0, 0.05) is 6.54 Å². The van der Waals surface area contributed by atoms with Gasteiger partial charge in [0.1, 0.15) is 5.69 Å². The van der Waals surface area contributed by atoms with Crippen molar-refractivity contribution in [1.82, 2.24) is 9.97 Å². The number of aromatic hydroxyl groups is 1. The molecule has 1 aromatic rings. The molecule has 5 nitrogen and oxygen atoms in total. The lowest BCUT2D eigenvalue weighted by atomic mass is 10.5. The summed E-state index contributed by atoms with van der Waals surface area (Å²) in [6, 6.07) is 0. The fourth-order valence-corrected chi connectivity index (χ4v) is 0.735. The lowest BCUT2D eigenvalue weighted by Gasteiger charge is -2.02. The van der Waals surface area contributed by atoms with E-state index in [9.17, 15) is 0 Å². The zero-order valence-corrected chi connectivity index (χ0v) is 7.36. The second-order valence-corrected chi connectivity index (χ2v) is 2.42. The highest BCUT2D eigenvalue weighted by molar-refractivity contribution is 5.47. The predicted octanol–water partition coefficient (Wildman–Crippen LogP) is 0.752. The van der Waals surface area contributed by atoms with Crippen molar-refractivity contribution in [3.8, 4) is 5.88 Å². The van der Waals surface area contributed by atoms with Gasteiger partial charge in [-0.25, -0.2) is 4.98 Å². The van der Waals surface area contributed by atoms with Crippen molar-refractivity contribution in [2.75, 3.05) is 17.6 Å². The standard InChI is InChI=1S/C8H12N4O/c1-2-3-4-10-8-11-5-6(9)7(13)12-8/h2-3,5H,4,9H2,1H3,(H2,10,11,12,13). The molecule has 5 heteroatoms. The van der Waals surface area contributed by atoms with Crippen molar-refractivity contribution in [2.45, 2.75) is 6.92 Å². The average molecular weight is 180 g/mol. The molecule has 4 N–H and O–H groups in total. The molecule has 0 aromatic carbocycles. The number of hydrogen-bond acceptors (Lipinski definition) is 5. The van der Waals surface area contributed by atoms with Gasteiger partial charge < -0.3 is 16.2 Å². The summed E-state index contributed by atoms with van der Waals surface area (Å²) in [6.45, 7) is 2.54. The van der Waals surface area contributed by atoms with Crippen LogP contribution in [0.3, 0.4) is 0 Å². The molecule has 70 valence electrons. The number of nitrogen functional groups attached to an aromatic ring is 1. The van der Waals surface area contributed by atoms with Gasteiger partial charge in [-0.2, -0.15) is 4.98 Å². The number of nitrogens with two attached hydrogens (primary N) is 1. The van der Waals surface area contributed by atoms with Gasteiger partial charge in [-0.3, -0.25) is 0 Å². The second kappa shape index (κ2) is 4.30. The molecule has 0 saturated carbocycles. The molecule has 0 bridgehead atoms. The fourth-order valence-electron chi connectivity index (χ4n) is 0.735.